The maximum atomic E-state index is 13.2. The Hall–Kier alpha value is -1.94. The molecule has 0 aromatic rings. The van der Waals surface area contributed by atoms with E-state index in [0.717, 1.165) is 102 Å². The van der Waals surface area contributed by atoms with E-state index in [9.17, 15) is 43.2 Å². The van der Waals surface area contributed by atoms with Crippen molar-refractivity contribution in [2.24, 2.45) is 11.8 Å². The number of rotatable bonds is 86. The van der Waals surface area contributed by atoms with Gasteiger partial charge in [0.15, 0.2) is 12.2 Å². The second-order valence-corrected chi connectivity index (χ2v) is 34.7. The lowest BCUT2D eigenvalue weighted by Gasteiger charge is -2.21. The number of unbranched alkanes of at least 4 members (excludes halogenated alkanes) is 54. The van der Waals surface area contributed by atoms with Crippen molar-refractivity contribution in [1.82, 2.24) is 0 Å². The van der Waals surface area contributed by atoms with Crippen molar-refractivity contribution < 1.29 is 80.2 Å². The smallest absolute Gasteiger partial charge is 0.462 e. The van der Waals surface area contributed by atoms with E-state index < -0.39 is 97.5 Å². The average Bonchev–Trinajstić information content (AvgIpc) is 0.906. The van der Waals surface area contributed by atoms with Crippen LogP contribution in [0.1, 0.15) is 465 Å². The van der Waals surface area contributed by atoms with Crippen LogP contribution >= 0.6 is 15.6 Å². The standard InChI is InChI=1S/C87H170O17P2/c1-7-11-13-15-17-19-21-23-25-27-29-30-31-32-34-36-38-40-45-53-59-65-71-86(91)103-82(75-97-84(89)69-63-57-51-44-39-37-35-33-28-26-24-22-20-18-16-14-12-8-2)77-101-105(93,94)99-73-81(88)74-100-106(95,96)102-78-83(76-98-85(90)70-64-58-52-48-47-50-56-62-68-80(6)10-4)104-87(92)72-66-60-54-46-42-41-43-49-55-61-67-79(5)9-3/h79-83,88H,7-78H2,1-6H3,(H,93,94)(H,95,96)/t79?,80?,81-,82-,83-/m1/s1. The summed E-state index contributed by atoms with van der Waals surface area (Å²) in [5.74, 6) is -0.522. The van der Waals surface area contributed by atoms with E-state index in [0.29, 0.717) is 25.7 Å². The van der Waals surface area contributed by atoms with Crippen LogP contribution in [0.25, 0.3) is 0 Å². The fraction of sp³-hybridized carbons (Fsp3) is 0.954. The molecule has 0 aromatic heterocycles. The lowest BCUT2D eigenvalue weighted by Crippen LogP contribution is -2.30. The molecule has 0 amide bonds. The van der Waals surface area contributed by atoms with Gasteiger partial charge in [0.05, 0.1) is 26.4 Å². The number of ether oxygens (including phenoxy) is 4. The zero-order valence-corrected chi connectivity index (χ0v) is 71.5. The van der Waals surface area contributed by atoms with Gasteiger partial charge >= 0.3 is 39.5 Å². The Balaban J connectivity index is 5.24. The van der Waals surface area contributed by atoms with Crippen molar-refractivity contribution in [1.29, 1.82) is 0 Å². The van der Waals surface area contributed by atoms with Crippen LogP contribution in [0.15, 0.2) is 0 Å². The van der Waals surface area contributed by atoms with Crippen LogP contribution < -0.4 is 0 Å². The van der Waals surface area contributed by atoms with E-state index >= 15 is 0 Å². The van der Waals surface area contributed by atoms with Crippen molar-refractivity contribution in [3.8, 4) is 0 Å². The minimum Gasteiger partial charge on any atom is -0.462 e. The zero-order chi connectivity index (χ0) is 77.8. The maximum absolute atomic E-state index is 13.2. The SMILES string of the molecule is CCCCCCCCCCCCCCCCCCCCCCCCC(=O)O[C@H](COC(=O)CCCCCCCCCCCCCCCCCCCC)COP(=O)(O)OC[C@@H](O)COP(=O)(O)OC[C@@H](COC(=O)CCCCCCCCCCC(C)CC)OC(=O)CCCCCCCCCCCCC(C)CC. The predicted octanol–water partition coefficient (Wildman–Crippen LogP) is 26.6. The van der Waals surface area contributed by atoms with Crippen LogP contribution in [0.4, 0.5) is 0 Å². The van der Waals surface area contributed by atoms with Crippen molar-refractivity contribution in [3.63, 3.8) is 0 Å². The predicted molar refractivity (Wildman–Crippen MR) is 437 cm³/mol. The van der Waals surface area contributed by atoms with Crippen LogP contribution in [0.2, 0.25) is 0 Å². The molecule has 0 bridgehead atoms. The van der Waals surface area contributed by atoms with Gasteiger partial charge in [-0.2, -0.15) is 0 Å². The average molecular weight is 1550 g/mol. The molecular formula is C87H170O17P2. The molecule has 0 saturated carbocycles. The van der Waals surface area contributed by atoms with Crippen molar-refractivity contribution in [2.45, 2.75) is 484 Å². The molecule has 0 radical (unpaired) electrons. The summed E-state index contributed by atoms with van der Waals surface area (Å²) in [6.07, 6.45) is 70.8. The van der Waals surface area contributed by atoms with E-state index in [1.54, 1.807) is 0 Å². The maximum Gasteiger partial charge on any atom is 0.472 e. The van der Waals surface area contributed by atoms with Gasteiger partial charge < -0.3 is 33.8 Å². The van der Waals surface area contributed by atoms with Gasteiger partial charge in [-0.25, -0.2) is 9.13 Å². The first-order chi connectivity index (χ1) is 51.4. The number of phosphoric acid groups is 2. The van der Waals surface area contributed by atoms with E-state index in [-0.39, 0.29) is 25.7 Å². The molecule has 19 heteroatoms. The fourth-order valence-electron chi connectivity index (χ4n) is 13.5. The molecule has 0 aliphatic rings. The first-order valence-electron chi connectivity index (χ1n) is 45.1. The molecule has 0 fully saturated rings. The Morgan fingerprint density at radius 2 is 0.453 bits per heavy atom. The Bertz CT molecular complexity index is 2030. The molecule has 0 aliphatic heterocycles. The molecule has 0 spiro atoms. The van der Waals surface area contributed by atoms with E-state index in [1.165, 1.54) is 283 Å². The molecule has 630 valence electrons. The Labute approximate surface area is 651 Å². The van der Waals surface area contributed by atoms with Crippen LogP contribution in [0, 0.1) is 11.8 Å². The highest BCUT2D eigenvalue weighted by atomic mass is 31.2. The number of hydrogen-bond donors (Lipinski definition) is 3. The number of carbonyl (C=O) groups is 4. The highest BCUT2D eigenvalue weighted by Gasteiger charge is 2.30. The zero-order valence-electron chi connectivity index (χ0n) is 69.7. The van der Waals surface area contributed by atoms with Crippen LogP contribution in [0.5, 0.6) is 0 Å². The van der Waals surface area contributed by atoms with Gasteiger partial charge in [-0.05, 0) is 37.5 Å². The number of esters is 4. The minimum absolute atomic E-state index is 0.106. The van der Waals surface area contributed by atoms with Gasteiger partial charge in [-0.3, -0.25) is 37.3 Å². The molecule has 0 rings (SSSR count). The summed E-state index contributed by atoms with van der Waals surface area (Å²) >= 11 is 0. The monoisotopic (exact) mass is 1550 g/mol. The number of hydrogen-bond acceptors (Lipinski definition) is 15. The molecule has 0 saturated heterocycles. The Kier molecular flexibility index (Phi) is 76.9. The third-order valence-electron chi connectivity index (χ3n) is 21.2. The molecular weight excluding hydrogens is 1380 g/mol. The number of aliphatic hydroxyl groups excluding tert-OH is 1. The number of carbonyl (C=O) groups excluding carboxylic acids is 4. The third kappa shape index (κ3) is 77.4. The lowest BCUT2D eigenvalue weighted by atomic mass is 9.99. The van der Waals surface area contributed by atoms with Crippen LogP contribution in [0.3, 0.4) is 0 Å². The summed E-state index contributed by atoms with van der Waals surface area (Å²) in [6, 6.07) is 0. The van der Waals surface area contributed by atoms with E-state index in [2.05, 4.69) is 41.5 Å². The second-order valence-electron chi connectivity index (χ2n) is 31.8. The van der Waals surface area contributed by atoms with Crippen molar-refractivity contribution in [2.75, 3.05) is 39.6 Å². The Morgan fingerprint density at radius 1 is 0.264 bits per heavy atom. The van der Waals surface area contributed by atoms with Gasteiger partial charge in [0, 0.05) is 25.7 Å². The van der Waals surface area contributed by atoms with Gasteiger partial charge in [0.1, 0.15) is 19.3 Å². The largest absolute Gasteiger partial charge is 0.472 e. The normalized spacial score (nSPS) is 14.3. The third-order valence-corrected chi connectivity index (χ3v) is 23.1. The van der Waals surface area contributed by atoms with Crippen LogP contribution in [-0.4, -0.2) is 96.7 Å². The summed E-state index contributed by atoms with van der Waals surface area (Å²) in [4.78, 5) is 73.3. The van der Waals surface area contributed by atoms with Gasteiger partial charge in [-0.1, -0.05) is 414 Å². The summed E-state index contributed by atoms with van der Waals surface area (Å²) in [5.41, 5.74) is 0. The van der Waals surface area contributed by atoms with Crippen molar-refractivity contribution in [3.05, 3.63) is 0 Å². The highest BCUT2D eigenvalue weighted by Crippen LogP contribution is 2.45. The van der Waals surface area contributed by atoms with Crippen LogP contribution in [-0.2, 0) is 65.4 Å². The molecule has 0 heterocycles. The topological polar surface area (TPSA) is 237 Å². The molecule has 3 N–H and O–H groups in total. The lowest BCUT2D eigenvalue weighted by molar-refractivity contribution is -0.161. The molecule has 4 unspecified atom stereocenters. The first-order valence-corrected chi connectivity index (χ1v) is 48.1. The first kappa shape index (κ1) is 104. The highest BCUT2D eigenvalue weighted by molar-refractivity contribution is 7.47. The molecule has 106 heavy (non-hydrogen) atoms. The molecule has 0 aliphatic carbocycles. The summed E-state index contributed by atoms with van der Waals surface area (Å²) < 4.78 is 68.9. The van der Waals surface area contributed by atoms with Gasteiger partial charge in [0.2, 0.25) is 0 Å². The summed E-state index contributed by atoms with van der Waals surface area (Å²) in [7, 11) is -9.93. The number of aliphatic hydroxyl groups is 1. The van der Waals surface area contributed by atoms with Crippen molar-refractivity contribution >= 4 is 39.5 Å². The quantitative estimate of drug-likeness (QED) is 0.0222. The summed E-state index contributed by atoms with van der Waals surface area (Å²) in [6.45, 7) is 9.70. The second kappa shape index (κ2) is 78.3. The molecule has 7 atom stereocenters. The fourth-order valence-corrected chi connectivity index (χ4v) is 15.1. The molecule has 0 aromatic carbocycles. The number of phosphoric ester groups is 2. The summed E-state index contributed by atoms with van der Waals surface area (Å²) in [5, 5.41) is 10.7. The van der Waals surface area contributed by atoms with E-state index in [4.69, 9.17) is 37.0 Å². The Morgan fingerprint density at radius 3 is 0.670 bits per heavy atom. The minimum atomic E-state index is -4.97. The van der Waals surface area contributed by atoms with E-state index in [1.807, 2.05) is 0 Å². The van der Waals surface area contributed by atoms with Gasteiger partial charge in [0.25, 0.3) is 0 Å². The molecule has 17 nitrogen and oxygen atoms in total. The van der Waals surface area contributed by atoms with Gasteiger partial charge in [-0.15, -0.1) is 0 Å².